The van der Waals surface area contributed by atoms with Crippen LogP contribution < -0.4 is 0 Å². The van der Waals surface area contributed by atoms with Gasteiger partial charge in [-0.15, -0.1) is 0 Å². The van der Waals surface area contributed by atoms with Crippen LogP contribution in [0.3, 0.4) is 0 Å². The van der Waals surface area contributed by atoms with E-state index in [-0.39, 0.29) is 6.61 Å². The molecule has 3 heterocycles. The highest BCUT2D eigenvalue weighted by molar-refractivity contribution is 7.71. The van der Waals surface area contributed by atoms with E-state index < -0.39 is 0 Å². The molecule has 0 saturated carbocycles. The number of hydrogen-bond acceptors (Lipinski definition) is 4. The number of hydrogen-bond donors (Lipinski definition) is 2. The second kappa shape index (κ2) is 4.91. The first-order valence-corrected chi connectivity index (χ1v) is 6.30. The van der Waals surface area contributed by atoms with Crippen LogP contribution >= 0.6 is 12.2 Å². The van der Waals surface area contributed by atoms with Crippen molar-refractivity contribution < 1.29 is 5.11 Å². The Kier molecular flexibility index (Phi) is 3.10. The third-order valence-corrected chi connectivity index (χ3v) is 3.29. The van der Waals surface area contributed by atoms with E-state index in [0.29, 0.717) is 11.3 Å². The van der Waals surface area contributed by atoms with Crippen molar-refractivity contribution in [1.82, 2.24) is 19.5 Å². The molecule has 0 aromatic carbocycles. The number of pyridine rings is 2. The number of aromatic amines is 1. The first kappa shape index (κ1) is 12.0. The second-order valence-electron chi connectivity index (χ2n) is 4.13. The van der Waals surface area contributed by atoms with Gasteiger partial charge in [0.1, 0.15) is 0 Å². The molecule has 0 aliphatic rings. The molecular formula is C13H12N4OS. The first-order chi connectivity index (χ1) is 9.29. The molecule has 0 amide bonds. The maximum Gasteiger partial charge on any atom is 0.179 e. The standard InChI is InChI=1S/C13H12N4OS/c18-6-5-17-11-7-10(9-1-3-14-4-2-9)8-15-12(11)16-13(17)19/h1-4,7-8,18H,5-6H2,(H,15,16,19). The Bertz CT molecular complexity index is 763. The van der Waals surface area contributed by atoms with Crippen LogP contribution in [-0.4, -0.2) is 31.2 Å². The van der Waals surface area contributed by atoms with Gasteiger partial charge in [0.2, 0.25) is 0 Å². The van der Waals surface area contributed by atoms with Crippen molar-refractivity contribution in [1.29, 1.82) is 0 Å². The van der Waals surface area contributed by atoms with Crippen molar-refractivity contribution in [3.05, 3.63) is 41.6 Å². The third kappa shape index (κ3) is 2.16. The lowest BCUT2D eigenvalue weighted by Gasteiger charge is -2.03. The Balaban J connectivity index is 2.19. The molecule has 96 valence electrons. The fourth-order valence-electron chi connectivity index (χ4n) is 2.06. The fourth-order valence-corrected chi connectivity index (χ4v) is 2.34. The normalized spacial score (nSPS) is 11.0. The summed E-state index contributed by atoms with van der Waals surface area (Å²) < 4.78 is 2.42. The molecule has 0 radical (unpaired) electrons. The van der Waals surface area contributed by atoms with Crippen LogP contribution in [0.1, 0.15) is 0 Å². The van der Waals surface area contributed by atoms with Crippen molar-refractivity contribution in [2.24, 2.45) is 0 Å². The van der Waals surface area contributed by atoms with Crippen molar-refractivity contribution >= 4 is 23.4 Å². The molecule has 3 aromatic rings. The average Bonchev–Trinajstić information content (AvgIpc) is 2.76. The van der Waals surface area contributed by atoms with Gasteiger partial charge in [-0.3, -0.25) is 4.98 Å². The number of fused-ring (bicyclic) bond motifs is 1. The predicted molar refractivity (Wildman–Crippen MR) is 75.2 cm³/mol. The van der Waals surface area contributed by atoms with Gasteiger partial charge in [0.15, 0.2) is 10.4 Å². The zero-order valence-electron chi connectivity index (χ0n) is 10.1. The van der Waals surface area contributed by atoms with Crippen LogP contribution in [0.25, 0.3) is 22.3 Å². The molecule has 0 aliphatic carbocycles. The molecule has 0 atom stereocenters. The molecule has 5 nitrogen and oxygen atoms in total. The van der Waals surface area contributed by atoms with Crippen LogP contribution in [0.15, 0.2) is 36.8 Å². The highest BCUT2D eigenvalue weighted by atomic mass is 32.1. The molecule has 2 N–H and O–H groups in total. The maximum absolute atomic E-state index is 9.10. The number of aromatic nitrogens is 4. The topological polar surface area (TPSA) is 66.7 Å². The molecule has 3 aromatic heterocycles. The Morgan fingerprint density at radius 1 is 1.26 bits per heavy atom. The first-order valence-electron chi connectivity index (χ1n) is 5.89. The summed E-state index contributed by atoms with van der Waals surface area (Å²) >= 11 is 5.22. The lowest BCUT2D eigenvalue weighted by molar-refractivity contribution is 0.277. The minimum absolute atomic E-state index is 0.0424. The van der Waals surface area contributed by atoms with E-state index >= 15 is 0 Å². The highest BCUT2D eigenvalue weighted by Crippen LogP contribution is 2.22. The van der Waals surface area contributed by atoms with E-state index in [4.69, 9.17) is 17.3 Å². The molecule has 0 bridgehead atoms. The molecule has 3 rings (SSSR count). The highest BCUT2D eigenvalue weighted by Gasteiger charge is 2.07. The zero-order chi connectivity index (χ0) is 13.2. The molecule has 6 heteroatoms. The van der Waals surface area contributed by atoms with Crippen molar-refractivity contribution in [3.8, 4) is 11.1 Å². The molecule has 19 heavy (non-hydrogen) atoms. The number of nitrogens with one attached hydrogen (secondary N) is 1. The molecule has 0 fully saturated rings. The lowest BCUT2D eigenvalue weighted by atomic mass is 10.1. The Morgan fingerprint density at radius 2 is 2.05 bits per heavy atom. The number of H-pyrrole nitrogens is 1. The van der Waals surface area contributed by atoms with Gasteiger partial charge in [0, 0.05) is 30.7 Å². The Morgan fingerprint density at radius 3 is 2.79 bits per heavy atom. The quantitative estimate of drug-likeness (QED) is 0.717. The molecule has 0 saturated heterocycles. The summed E-state index contributed by atoms with van der Waals surface area (Å²) in [5.74, 6) is 0. The van der Waals surface area contributed by atoms with Crippen LogP contribution in [0.2, 0.25) is 0 Å². The number of aliphatic hydroxyl groups is 1. The van der Waals surface area contributed by atoms with Crippen LogP contribution in [0, 0.1) is 4.77 Å². The summed E-state index contributed by atoms with van der Waals surface area (Å²) in [7, 11) is 0. The smallest absolute Gasteiger partial charge is 0.179 e. The minimum Gasteiger partial charge on any atom is -0.395 e. The van der Waals surface area contributed by atoms with Gasteiger partial charge >= 0.3 is 0 Å². The number of aliphatic hydroxyl groups excluding tert-OH is 1. The van der Waals surface area contributed by atoms with Gasteiger partial charge in [-0.2, -0.15) is 0 Å². The summed E-state index contributed by atoms with van der Waals surface area (Å²) in [5.41, 5.74) is 3.67. The van der Waals surface area contributed by atoms with E-state index in [1.54, 1.807) is 18.6 Å². The monoisotopic (exact) mass is 272 g/mol. The van der Waals surface area contributed by atoms with Gasteiger partial charge in [-0.25, -0.2) is 4.98 Å². The van der Waals surface area contributed by atoms with Crippen molar-refractivity contribution in [2.75, 3.05) is 6.61 Å². The average molecular weight is 272 g/mol. The number of imidazole rings is 1. The van der Waals surface area contributed by atoms with Gasteiger partial charge in [0.05, 0.1) is 12.1 Å². The summed E-state index contributed by atoms with van der Waals surface area (Å²) in [5, 5.41) is 9.10. The van der Waals surface area contributed by atoms with Crippen LogP contribution in [0.4, 0.5) is 0 Å². The number of nitrogens with zero attached hydrogens (tertiary/aromatic N) is 3. The van der Waals surface area contributed by atoms with Crippen molar-refractivity contribution in [2.45, 2.75) is 6.54 Å². The van der Waals surface area contributed by atoms with Gasteiger partial charge in [-0.05, 0) is 36.0 Å². The maximum atomic E-state index is 9.10. The van der Waals surface area contributed by atoms with Gasteiger partial charge in [0.25, 0.3) is 0 Å². The van der Waals surface area contributed by atoms with E-state index in [1.165, 1.54) is 0 Å². The largest absolute Gasteiger partial charge is 0.395 e. The summed E-state index contributed by atoms with van der Waals surface area (Å²) in [6, 6.07) is 5.88. The van der Waals surface area contributed by atoms with Crippen LogP contribution in [-0.2, 0) is 6.54 Å². The zero-order valence-corrected chi connectivity index (χ0v) is 10.9. The second-order valence-corrected chi connectivity index (χ2v) is 4.52. The summed E-state index contributed by atoms with van der Waals surface area (Å²) in [4.78, 5) is 11.4. The number of rotatable bonds is 3. The Labute approximate surface area is 114 Å². The Hall–Kier alpha value is -2.05. The van der Waals surface area contributed by atoms with E-state index in [9.17, 15) is 0 Å². The molecule has 0 unspecified atom stereocenters. The minimum atomic E-state index is 0.0424. The van der Waals surface area contributed by atoms with E-state index in [2.05, 4.69) is 15.0 Å². The summed E-state index contributed by atoms with van der Waals surface area (Å²) in [6.45, 7) is 0.501. The molecular weight excluding hydrogens is 260 g/mol. The third-order valence-electron chi connectivity index (χ3n) is 2.97. The predicted octanol–water partition coefficient (Wildman–Crippen LogP) is 2.15. The fraction of sp³-hybridized carbons (Fsp3) is 0.154. The van der Waals surface area contributed by atoms with Gasteiger partial charge < -0.3 is 14.7 Å². The molecule has 0 aliphatic heterocycles. The van der Waals surface area contributed by atoms with Crippen molar-refractivity contribution in [3.63, 3.8) is 0 Å². The van der Waals surface area contributed by atoms with Gasteiger partial charge in [-0.1, -0.05) is 0 Å². The lowest BCUT2D eigenvalue weighted by Crippen LogP contribution is -2.01. The van der Waals surface area contributed by atoms with E-state index in [0.717, 1.165) is 22.3 Å². The summed E-state index contributed by atoms with van der Waals surface area (Å²) in [6.07, 6.45) is 5.29. The van der Waals surface area contributed by atoms with E-state index in [1.807, 2.05) is 22.8 Å². The van der Waals surface area contributed by atoms with Crippen LogP contribution in [0.5, 0.6) is 0 Å². The molecule has 0 spiro atoms. The SMILES string of the molecule is OCCn1c(=S)[nH]c2ncc(-c3ccncc3)cc21.